The van der Waals surface area contributed by atoms with E-state index in [-0.39, 0.29) is 5.78 Å². The molecule has 1 aromatic carbocycles. The molecule has 0 aromatic heterocycles. The van der Waals surface area contributed by atoms with Crippen LogP contribution in [0.3, 0.4) is 0 Å². The molecule has 0 fully saturated rings. The highest BCUT2D eigenvalue weighted by molar-refractivity contribution is 5.99. The van der Waals surface area contributed by atoms with Crippen molar-refractivity contribution in [3.05, 3.63) is 35.6 Å². The van der Waals surface area contributed by atoms with Crippen LogP contribution in [0, 0.1) is 17.7 Å². The highest BCUT2D eigenvalue weighted by Gasteiger charge is 2.26. The SMILES string of the molecule is CC(C(=O)O)C(C)C(=O)c1ccc(F)cc1. The predicted octanol–water partition coefficient (Wildman–Crippen LogP) is 2.37. The summed E-state index contributed by atoms with van der Waals surface area (Å²) in [5.41, 5.74) is 0.335. The molecule has 0 heterocycles. The molecule has 0 radical (unpaired) electrons. The lowest BCUT2D eigenvalue weighted by Crippen LogP contribution is -2.25. The van der Waals surface area contributed by atoms with Crippen molar-refractivity contribution in [2.45, 2.75) is 13.8 Å². The van der Waals surface area contributed by atoms with Gasteiger partial charge in [0.15, 0.2) is 5.78 Å². The highest BCUT2D eigenvalue weighted by atomic mass is 19.1. The van der Waals surface area contributed by atoms with E-state index in [1.165, 1.54) is 31.2 Å². The van der Waals surface area contributed by atoms with Crippen molar-refractivity contribution in [1.29, 1.82) is 0 Å². The van der Waals surface area contributed by atoms with Crippen LogP contribution in [-0.4, -0.2) is 16.9 Å². The smallest absolute Gasteiger partial charge is 0.306 e. The van der Waals surface area contributed by atoms with Gasteiger partial charge in [-0.2, -0.15) is 0 Å². The normalized spacial score (nSPS) is 14.2. The highest BCUT2D eigenvalue weighted by Crippen LogP contribution is 2.17. The number of aliphatic carboxylic acids is 1. The number of hydrogen-bond acceptors (Lipinski definition) is 2. The van der Waals surface area contributed by atoms with E-state index < -0.39 is 23.6 Å². The Bertz CT molecular complexity index is 397. The molecule has 0 aliphatic heterocycles. The number of ketones is 1. The average molecular weight is 224 g/mol. The van der Waals surface area contributed by atoms with Gasteiger partial charge in [-0.1, -0.05) is 13.8 Å². The molecule has 86 valence electrons. The van der Waals surface area contributed by atoms with Crippen LogP contribution in [0.2, 0.25) is 0 Å². The summed E-state index contributed by atoms with van der Waals surface area (Å²) in [6.45, 7) is 3.04. The van der Waals surface area contributed by atoms with E-state index in [1.807, 2.05) is 0 Å². The Morgan fingerprint density at radius 2 is 1.62 bits per heavy atom. The quantitative estimate of drug-likeness (QED) is 0.799. The Kier molecular flexibility index (Phi) is 3.77. The fraction of sp³-hybridized carbons (Fsp3) is 0.333. The van der Waals surface area contributed by atoms with Gasteiger partial charge in [0.05, 0.1) is 5.92 Å². The van der Waals surface area contributed by atoms with Gasteiger partial charge in [0, 0.05) is 11.5 Å². The summed E-state index contributed by atoms with van der Waals surface area (Å²) in [6, 6.07) is 5.10. The van der Waals surface area contributed by atoms with E-state index in [9.17, 15) is 14.0 Å². The van der Waals surface area contributed by atoms with E-state index in [0.717, 1.165) is 0 Å². The second-order valence-electron chi connectivity index (χ2n) is 3.79. The van der Waals surface area contributed by atoms with Crippen molar-refractivity contribution in [3.63, 3.8) is 0 Å². The molecule has 2 unspecified atom stereocenters. The van der Waals surface area contributed by atoms with E-state index >= 15 is 0 Å². The maximum atomic E-state index is 12.6. The van der Waals surface area contributed by atoms with Crippen molar-refractivity contribution in [1.82, 2.24) is 0 Å². The number of carbonyl (C=O) groups is 2. The van der Waals surface area contributed by atoms with E-state index in [4.69, 9.17) is 5.11 Å². The summed E-state index contributed by atoms with van der Waals surface area (Å²) >= 11 is 0. The Hall–Kier alpha value is -1.71. The summed E-state index contributed by atoms with van der Waals surface area (Å²) < 4.78 is 12.6. The standard InChI is InChI=1S/C12H13FO3/c1-7(8(2)12(15)16)11(14)9-3-5-10(13)6-4-9/h3-8H,1-2H3,(H,15,16). The number of carbonyl (C=O) groups excluding carboxylic acids is 1. The lowest BCUT2D eigenvalue weighted by molar-refractivity contribution is -0.142. The van der Waals surface area contributed by atoms with Gasteiger partial charge in [0.2, 0.25) is 0 Å². The third-order valence-electron chi connectivity index (χ3n) is 2.68. The van der Waals surface area contributed by atoms with Gasteiger partial charge in [-0.25, -0.2) is 4.39 Å². The number of rotatable bonds is 4. The zero-order chi connectivity index (χ0) is 12.3. The molecule has 0 spiro atoms. The Balaban J connectivity index is 2.86. The number of carboxylic acids is 1. The molecule has 2 atom stereocenters. The van der Waals surface area contributed by atoms with E-state index in [0.29, 0.717) is 5.56 Å². The Morgan fingerprint density at radius 3 is 2.06 bits per heavy atom. The van der Waals surface area contributed by atoms with Gasteiger partial charge >= 0.3 is 5.97 Å². The van der Waals surface area contributed by atoms with Crippen molar-refractivity contribution < 1.29 is 19.1 Å². The molecule has 1 N–H and O–H groups in total. The topological polar surface area (TPSA) is 54.4 Å². The number of carboxylic acid groups (broad SMARTS) is 1. The zero-order valence-corrected chi connectivity index (χ0v) is 9.11. The number of halogens is 1. The van der Waals surface area contributed by atoms with Gasteiger partial charge in [-0.05, 0) is 24.3 Å². The molecule has 0 saturated heterocycles. The van der Waals surface area contributed by atoms with Crippen molar-refractivity contribution >= 4 is 11.8 Å². The van der Waals surface area contributed by atoms with Gasteiger partial charge < -0.3 is 5.11 Å². The summed E-state index contributed by atoms with van der Waals surface area (Å²) in [4.78, 5) is 22.5. The first kappa shape index (κ1) is 12.4. The second kappa shape index (κ2) is 4.88. The van der Waals surface area contributed by atoms with E-state index in [1.54, 1.807) is 6.92 Å². The van der Waals surface area contributed by atoms with Crippen LogP contribution in [0.25, 0.3) is 0 Å². The lowest BCUT2D eigenvalue weighted by atomic mass is 9.88. The molecular weight excluding hydrogens is 211 g/mol. The minimum absolute atomic E-state index is 0.282. The van der Waals surface area contributed by atoms with Crippen LogP contribution < -0.4 is 0 Å². The maximum Gasteiger partial charge on any atom is 0.306 e. The van der Waals surface area contributed by atoms with Crippen LogP contribution in [0.15, 0.2) is 24.3 Å². The van der Waals surface area contributed by atoms with Gasteiger partial charge in [0.1, 0.15) is 5.82 Å². The first-order valence-electron chi connectivity index (χ1n) is 4.96. The van der Waals surface area contributed by atoms with Crippen molar-refractivity contribution in [2.75, 3.05) is 0 Å². The fourth-order valence-electron chi connectivity index (χ4n) is 1.32. The average Bonchev–Trinajstić information content (AvgIpc) is 2.27. The molecule has 0 bridgehead atoms. The Labute approximate surface area is 92.9 Å². The van der Waals surface area contributed by atoms with Crippen LogP contribution in [-0.2, 0) is 4.79 Å². The van der Waals surface area contributed by atoms with Crippen molar-refractivity contribution in [3.8, 4) is 0 Å². The van der Waals surface area contributed by atoms with Crippen LogP contribution in [0.1, 0.15) is 24.2 Å². The number of Topliss-reactive ketones (excluding diaryl/α,β-unsaturated/α-hetero) is 1. The van der Waals surface area contributed by atoms with Gasteiger partial charge in [0.25, 0.3) is 0 Å². The molecule has 16 heavy (non-hydrogen) atoms. The number of hydrogen-bond donors (Lipinski definition) is 1. The molecule has 0 aliphatic rings. The summed E-state index contributed by atoms with van der Waals surface area (Å²) in [6.07, 6.45) is 0. The van der Waals surface area contributed by atoms with Crippen LogP contribution in [0.5, 0.6) is 0 Å². The molecule has 0 aliphatic carbocycles. The summed E-state index contributed by atoms with van der Waals surface area (Å²) in [5, 5.41) is 8.78. The molecule has 1 rings (SSSR count). The third-order valence-corrected chi connectivity index (χ3v) is 2.68. The molecule has 0 saturated carbocycles. The van der Waals surface area contributed by atoms with Crippen LogP contribution in [0.4, 0.5) is 4.39 Å². The minimum atomic E-state index is -1.01. The molecule has 3 nitrogen and oxygen atoms in total. The summed E-state index contributed by atoms with van der Waals surface area (Å²) in [5.74, 6) is -3.09. The van der Waals surface area contributed by atoms with E-state index in [2.05, 4.69) is 0 Å². The van der Waals surface area contributed by atoms with Crippen LogP contribution >= 0.6 is 0 Å². The Morgan fingerprint density at radius 1 is 1.12 bits per heavy atom. The van der Waals surface area contributed by atoms with Gasteiger partial charge in [-0.3, -0.25) is 9.59 Å². The number of benzene rings is 1. The first-order chi connectivity index (χ1) is 7.43. The zero-order valence-electron chi connectivity index (χ0n) is 9.11. The monoisotopic (exact) mass is 224 g/mol. The minimum Gasteiger partial charge on any atom is -0.481 e. The fourth-order valence-corrected chi connectivity index (χ4v) is 1.32. The summed E-state index contributed by atoms with van der Waals surface area (Å²) in [7, 11) is 0. The maximum absolute atomic E-state index is 12.6. The first-order valence-corrected chi connectivity index (χ1v) is 4.96. The van der Waals surface area contributed by atoms with Crippen molar-refractivity contribution in [2.24, 2.45) is 11.8 Å². The molecule has 1 aromatic rings. The third kappa shape index (κ3) is 2.66. The largest absolute Gasteiger partial charge is 0.481 e. The second-order valence-corrected chi connectivity index (χ2v) is 3.79. The molecule has 4 heteroatoms. The lowest BCUT2D eigenvalue weighted by Gasteiger charge is -2.14. The molecule has 0 amide bonds. The predicted molar refractivity (Wildman–Crippen MR) is 56.7 cm³/mol. The van der Waals surface area contributed by atoms with Gasteiger partial charge in [-0.15, -0.1) is 0 Å². The molecular formula is C12H13FO3.